The van der Waals surface area contributed by atoms with Crippen molar-refractivity contribution in [3.05, 3.63) is 0 Å². The lowest BCUT2D eigenvalue weighted by Crippen LogP contribution is -2.56. The van der Waals surface area contributed by atoms with E-state index >= 15 is 0 Å². The van der Waals surface area contributed by atoms with Crippen LogP contribution >= 0.6 is 0 Å². The van der Waals surface area contributed by atoms with E-state index in [1.165, 1.54) is 0 Å². The minimum Gasteiger partial charge on any atom is -0.481 e. The zero-order chi connectivity index (χ0) is 14.6. The van der Waals surface area contributed by atoms with E-state index in [0.717, 1.165) is 32.1 Å². The third-order valence-corrected chi connectivity index (χ3v) is 5.80. The van der Waals surface area contributed by atoms with Crippen LogP contribution in [0.2, 0.25) is 0 Å². The lowest BCUT2D eigenvalue weighted by Gasteiger charge is -2.40. The van der Waals surface area contributed by atoms with E-state index < -0.39 is 5.97 Å². The van der Waals surface area contributed by atoms with Crippen molar-refractivity contribution < 1.29 is 19.4 Å². The van der Waals surface area contributed by atoms with E-state index in [0.29, 0.717) is 19.6 Å². The number of hydrogen-bond acceptors (Lipinski definition) is 3. The lowest BCUT2D eigenvalue weighted by molar-refractivity contribution is -0.142. The van der Waals surface area contributed by atoms with Gasteiger partial charge in [-0.15, -0.1) is 0 Å². The highest BCUT2D eigenvalue weighted by Crippen LogP contribution is 2.43. The van der Waals surface area contributed by atoms with Crippen molar-refractivity contribution in [3.63, 3.8) is 0 Å². The van der Waals surface area contributed by atoms with E-state index in [-0.39, 0.29) is 36.2 Å². The van der Waals surface area contributed by atoms with Gasteiger partial charge in [-0.2, -0.15) is 0 Å². The van der Waals surface area contributed by atoms with Gasteiger partial charge in [0.25, 0.3) is 0 Å². The second-order valence-electron chi connectivity index (χ2n) is 6.77. The Labute approximate surface area is 124 Å². The monoisotopic (exact) mass is 294 g/mol. The van der Waals surface area contributed by atoms with Gasteiger partial charge >= 0.3 is 12.0 Å². The zero-order valence-corrected chi connectivity index (χ0v) is 12.1. The molecule has 6 heteroatoms. The Kier molecular flexibility index (Phi) is 3.10. The number of carboxylic acid groups (broad SMARTS) is 1. The van der Waals surface area contributed by atoms with Gasteiger partial charge in [0.05, 0.1) is 24.7 Å². The maximum atomic E-state index is 13.0. The number of morpholine rings is 1. The molecule has 0 spiro atoms. The zero-order valence-electron chi connectivity index (χ0n) is 12.1. The minimum absolute atomic E-state index is 0.0615. The summed E-state index contributed by atoms with van der Waals surface area (Å²) >= 11 is 0. The first-order valence-corrected chi connectivity index (χ1v) is 8.10. The predicted octanol–water partition coefficient (Wildman–Crippen LogP) is 1.30. The van der Waals surface area contributed by atoms with Crippen molar-refractivity contribution >= 4 is 12.0 Å². The smallest absolute Gasteiger partial charge is 0.320 e. The Morgan fingerprint density at radius 3 is 2.71 bits per heavy atom. The van der Waals surface area contributed by atoms with Gasteiger partial charge in [0.2, 0.25) is 0 Å². The fourth-order valence-corrected chi connectivity index (χ4v) is 4.86. The summed E-state index contributed by atoms with van der Waals surface area (Å²) in [5.74, 6) is -1.12. The Balaban J connectivity index is 1.54. The first-order valence-electron chi connectivity index (χ1n) is 8.10. The molecule has 1 N–H and O–H groups in total. The molecule has 6 nitrogen and oxygen atoms in total. The molecule has 21 heavy (non-hydrogen) atoms. The molecule has 4 fully saturated rings. The molecule has 0 radical (unpaired) electrons. The van der Waals surface area contributed by atoms with Crippen LogP contribution in [0.4, 0.5) is 4.79 Å². The normalized spacial score (nSPS) is 41.4. The summed E-state index contributed by atoms with van der Waals surface area (Å²) in [5.41, 5.74) is 0. The number of carboxylic acids is 1. The molecule has 0 aromatic heterocycles. The Bertz CT molecular complexity index is 469. The van der Waals surface area contributed by atoms with Crippen molar-refractivity contribution in [1.29, 1.82) is 0 Å². The SMILES string of the molecule is O=C(O)C1CC2CCC1N2C(=O)N1CCOC2CCCC21. The second kappa shape index (κ2) is 4.87. The molecule has 3 aliphatic heterocycles. The summed E-state index contributed by atoms with van der Waals surface area (Å²) < 4.78 is 5.77. The van der Waals surface area contributed by atoms with Crippen molar-refractivity contribution in [2.24, 2.45) is 5.92 Å². The first kappa shape index (κ1) is 13.4. The Hall–Kier alpha value is -1.30. The van der Waals surface area contributed by atoms with Crippen LogP contribution in [0.1, 0.15) is 38.5 Å². The number of fused-ring (bicyclic) bond motifs is 3. The number of carbonyl (C=O) groups is 2. The summed E-state index contributed by atoms with van der Waals surface area (Å²) in [4.78, 5) is 28.2. The van der Waals surface area contributed by atoms with Gasteiger partial charge in [0, 0.05) is 18.6 Å². The van der Waals surface area contributed by atoms with Crippen LogP contribution in [0.15, 0.2) is 0 Å². The fraction of sp³-hybridized carbons (Fsp3) is 0.867. The molecule has 0 aromatic rings. The number of urea groups is 1. The topological polar surface area (TPSA) is 70.1 Å². The predicted molar refractivity (Wildman–Crippen MR) is 73.9 cm³/mol. The largest absolute Gasteiger partial charge is 0.481 e. The van der Waals surface area contributed by atoms with E-state index in [1.807, 2.05) is 9.80 Å². The molecule has 5 unspecified atom stereocenters. The van der Waals surface area contributed by atoms with Crippen molar-refractivity contribution in [2.45, 2.75) is 62.8 Å². The quantitative estimate of drug-likeness (QED) is 0.791. The molecule has 4 aliphatic rings. The van der Waals surface area contributed by atoms with Crippen molar-refractivity contribution in [2.75, 3.05) is 13.2 Å². The highest BCUT2D eigenvalue weighted by molar-refractivity contribution is 5.80. The van der Waals surface area contributed by atoms with Crippen LogP contribution in [0.3, 0.4) is 0 Å². The van der Waals surface area contributed by atoms with Crippen LogP contribution in [0.25, 0.3) is 0 Å². The van der Waals surface area contributed by atoms with Gasteiger partial charge in [-0.1, -0.05) is 0 Å². The van der Waals surface area contributed by atoms with Crippen LogP contribution in [-0.2, 0) is 9.53 Å². The Morgan fingerprint density at radius 2 is 1.95 bits per heavy atom. The summed E-state index contributed by atoms with van der Waals surface area (Å²) in [7, 11) is 0. The number of carbonyl (C=O) groups excluding carboxylic acids is 1. The maximum absolute atomic E-state index is 13.0. The molecule has 4 rings (SSSR count). The van der Waals surface area contributed by atoms with Crippen LogP contribution in [0.5, 0.6) is 0 Å². The molecule has 2 bridgehead atoms. The molecule has 116 valence electrons. The lowest BCUT2D eigenvalue weighted by atomic mass is 9.89. The summed E-state index contributed by atoms with van der Waals surface area (Å²) in [6, 6.07) is 0.301. The molecule has 1 aliphatic carbocycles. The standard InChI is InChI=1S/C15H22N2O4/c18-14(19)10-8-9-4-5-11(10)17(9)15(20)16-6-7-21-13-3-1-2-12(13)16/h9-13H,1-8H2,(H,18,19). The maximum Gasteiger partial charge on any atom is 0.320 e. The van der Waals surface area contributed by atoms with Gasteiger partial charge in [0.1, 0.15) is 0 Å². The molecule has 3 saturated heterocycles. The minimum atomic E-state index is -0.749. The number of hydrogen-bond donors (Lipinski definition) is 1. The molecular weight excluding hydrogens is 272 g/mol. The van der Waals surface area contributed by atoms with Gasteiger partial charge in [0.15, 0.2) is 0 Å². The van der Waals surface area contributed by atoms with E-state index in [1.54, 1.807) is 0 Å². The second-order valence-corrected chi connectivity index (χ2v) is 6.77. The van der Waals surface area contributed by atoms with E-state index in [2.05, 4.69) is 0 Å². The number of aliphatic carboxylic acids is 1. The molecule has 1 saturated carbocycles. The molecule has 2 amide bonds. The van der Waals surface area contributed by atoms with E-state index in [4.69, 9.17) is 4.74 Å². The van der Waals surface area contributed by atoms with Crippen LogP contribution in [-0.4, -0.2) is 64.3 Å². The third kappa shape index (κ3) is 1.95. The van der Waals surface area contributed by atoms with Crippen molar-refractivity contribution in [1.82, 2.24) is 9.80 Å². The van der Waals surface area contributed by atoms with Gasteiger partial charge in [-0.05, 0) is 38.5 Å². The molecule has 3 heterocycles. The first-order chi connectivity index (χ1) is 10.2. The van der Waals surface area contributed by atoms with Gasteiger partial charge in [-0.25, -0.2) is 4.79 Å². The summed E-state index contributed by atoms with van der Waals surface area (Å²) in [6.45, 7) is 1.26. The van der Waals surface area contributed by atoms with Gasteiger partial charge < -0.3 is 19.6 Å². The molecule has 0 aromatic carbocycles. The number of ether oxygens (including phenoxy) is 1. The average Bonchev–Trinajstić information content (AvgIpc) is 3.19. The summed E-state index contributed by atoms with van der Waals surface area (Å²) in [5, 5.41) is 9.32. The number of nitrogens with zero attached hydrogens (tertiary/aromatic N) is 2. The number of rotatable bonds is 1. The third-order valence-electron chi connectivity index (χ3n) is 5.80. The summed E-state index contributed by atoms with van der Waals surface area (Å²) in [6.07, 6.45) is 5.79. The van der Waals surface area contributed by atoms with E-state index in [9.17, 15) is 14.7 Å². The average molecular weight is 294 g/mol. The highest BCUT2D eigenvalue weighted by Gasteiger charge is 2.53. The van der Waals surface area contributed by atoms with Gasteiger partial charge in [-0.3, -0.25) is 4.79 Å². The molecule has 5 atom stereocenters. The van der Waals surface area contributed by atoms with Crippen molar-refractivity contribution in [3.8, 4) is 0 Å². The Morgan fingerprint density at radius 1 is 1.10 bits per heavy atom. The fourth-order valence-electron chi connectivity index (χ4n) is 4.86. The molecular formula is C15H22N2O4. The van der Waals surface area contributed by atoms with Crippen LogP contribution in [0, 0.1) is 5.92 Å². The van der Waals surface area contributed by atoms with Crippen LogP contribution < -0.4 is 0 Å². The highest BCUT2D eigenvalue weighted by atomic mass is 16.5. The number of amides is 2.